The molecule has 2 aromatic carbocycles. The highest BCUT2D eigenvalue weighted by Gasteiger charge is 2.31. The number of benzene rings is 2. The lowest BCUT2D eigenvalue weighted by Gasteiger charge is -2.21. The quantitative estimate of drug-likeness (QED) is 0.326. The molecule has 1 amide bonds. The Balaban J connectivity index is 2.00. The summed E-state index contributed by atoms with van der Waals surface area (Å²) in [5, 5.41) is 18.9. The number of hydrogen-bond acceptors (Lipinski definition) is 6. The molecule has 0 radical (unpaired) electrons. The van der Waals surface area contributed by atoms with E-state index in [-0.39, 0.29) is 28.2 Å². The Labute approximate surface area is 203 Å². The summed E-state index contributed by atoms with van der Waals surface area (Å²) in [5.74, 6) is -5.48. The largest absolute Gasteiger partial charge is 0.478 e. The van der Waals surface area contributed by atoms with Crippen LogP contribution in [-0.4, -0.2) is 34.3 Å². The molecule has 13 heteroatoms. The molecule has 0 saturated carbocycles. The predicted molar refractivity (Wildman–Crippen MR) is 115 cm³/mol. The fourth-order valence-corrected chi connectivity index (χ4v) is 3.65. The van der Waals surface area contributed by atoms with Crippen molar-refractivity contribution in [3.8, 4) is 17.0 Å². The summed E-state index contributed by atoms with van der Waals surface area (Å²) in [5.41, 5.74) is 3.49. The fourth-order valence-electron chi connectivity index (χ4n) is 3.16. The normalized spacial score (nSPS) is 12.7. The Morgan fingerprint density at radius 1 is 1.11 bits per heavy atom. The van der Waals surface area contributed by atoms with Gasteiger partial charge in [-0.25, -0.2) is 13.8 Å². The minimum absolute atomic E-state index is 0.0165. The summed E-state index contributed by atoms with van der Waals surface area (Å²) in [6.45, 7) is -0.967. The minimum atomic E-state index is -4.53. The van der Waals surface area contributed by atoms with Crippen LogP contribution in [0.2, 0.25) is 0 Å². The number of ether oxygens (including phenoxy) is 1. The molecule has 0 spiro atoms. The van der Waals surface area contributed by atoms with E-state index in [1.807, 2.05) is 0 Å². The van der Waals surface area contributed by atoms with Gasteiger partial charge < -0.3 is 25.1 Å². The first-order valence-electron chi connectivity index (χ1n) is 9.96. The van der Waals surface area contributed by atoms with Gasteiger partial charge in [0.25, 0.3) is 5.91 Å². The molecule has 3 rings (SSSR count). The molecule has 1 unspecified atom stereocenters. The van der Waals surface area contributed by atoms with Crippen LogP contribution in [0.15, 0.2) is 45.5 Å². The summed E-state index contributed by atoms with van der Waals surface area (Å²) in [6, 6.07) is 5.74. The van der Waals surface area contributed by atoms with E-state index in [1.54, 1.807) is 0 Å². The summed E-state index contributed by atoms with van der Waals surface area (Å²) in [6.07, 6.45) is -5.95. The molecular weight excluding hydrogens is 547 g/mol. The van der Waals surface area contributed by atoms with Crippen LogP contribution in [0, 0.1) is 17.6 Å². The lowest BCUT2D eigenvalue weighted by Crippen LogP contribution is -2.21. The van der Waals surface area contributed by atoms with E-state index in [0.717, 1.165) is 24.3 Å². The van der Waals surface area contributed by atoms with Gasteiger partial charge in [0.1, 0.15) is 17.1 Å². The molecule has 0 saturated heterocycles. The Bertz CT molecular complexity index is 1200. The van der Waals surface area contributed by atoms with Crippen molar-refractivity contribution in [2.45, 2.75) is 18.7 Å². The van der Waals surface area contributed by atoms with Gasteiger partial charge in [0.15, 0.2) is 22.3 Å². The highest BCUT2D eigenvalue weighted by Crippen LogP contribution is 2.37. The third-order valence-corrected chi connectivity index (χ3v) is 5.54. The van der Waals surface area contributed by atoms with Crippen molar-refractivity contribution < 1.29 is 46.1 Å². The van der Waals surface area contributed by atoms with Crippen LogP contribution < -0.4 is 10.5 Å². The monoisotopic (exact) mass is 564 g/mol. The Morgan fingerprint density at radius 3 is 2.29 bits per heavy atom. The molecule has 1 heterocycles. The SMILES string of the molecule is NC(=O)c1c(F)ccc(OC(CC(CO)CO)c2nc(-c3ccc(C(F)(F)F)cc3)c(Br)o2)c1F. The molecule has 0 aliphatic carbocycles. The number of carbonyl (C=O) groups is 1. The van der Waals surface area contributed by atoms with E-state index in [4.69, 9.17) is 14.9 Å². The van der Waals surface area contributed by atoms with Crippen LogP contribution >= 0.6 is 15.9 Å². The number of halogens is 6. The second-order valence-electron chi connectivity index (χ2n) is 7.42. The lowest BCUT2D eigenvalue weighted by molar-refractivity contribution is -0.137. The maximum atomic E-state index is 14.7. The fraction of sp³-hybridized carbons (Fsp3) is 0.273. The summed E-state index contributed by atoms with van der Waals surface area (Å²) < 4.78 is 78.3. The van der Waals surface area contributed by atoms with Gasteiger partial charge in [-0.1, -0.05) is 12.1 Å². The average molecular weight is 565 g/mol. The van der Waals surface area contributed by atoms with Gasteiger partial charge in [-0.3, -0.25) is 4.79 Å². The number of primary amides is 1. The molecule has 188 valence electrons. The molecule has 1 atom stereocenters. The van der Waals surface area contributed by atoms with Gasteiger partial charge in [-0.05, 0) is 40.2 Å². The minimum Gasteiger partial charge on any atom is -0.478 e. The third-order valence-electron chi connectivity index (χ3n) is 5.00. The number of hydrogen-bond donors (Lipinski definition) is 3. The summed E-state index contributed by atoms with van der Waals surface area (Å²) in [4.78, 5) is 15.6. The first-order valence-corrected chi connectivity index (χ1v) is 10.8. The van der Waals surface area contributed by atoms with E-state index >= 15 is 0 Å². The van der Waals surface area contributed by atoms with Gasteiger partial charge in [0.2, 0.25) is 5.89 Å². The van der Waals surface area contributed by atoms with Gasteiger partial charge >= 0.3 is 6.18 Å². The van der Waals surface area contributed by atoms with E-state index < -0.39 is 65.8 Å². The molecule has 3 aromatic rings. The van der Waals surface area contributed by atoms with E-state index in [1.165, 1.54) is 12.1 Å². The zero-order valence-corrected chi connectivity index (χ0v) is 19.2. The second-order valence-corrected chi connectivity index (χ2v) is 8.14. The van der Waals surface area contributed by atoms with Gasteiger partial charge in [0, 0.05) is 31.1 Å². The number of amides is 1. The number of aromatic nitrogens is 1. The lowest BCUT2D eigenvalue weighted by atomic mass is 10.0. The molecule has 0 bridgehead atoms. The summed E-state index contributed by atoms with van der Waals surface area (Å²) in [7, 11) is 0. The van der Waals surface area contributed by atoms with Crippen molar-refractivity contribution in [3.63, 3.8) is 0 Å². The number of oxazole rings is 1. The van der Waals surface area contributed by atoms with Crippen molar-refractivity contribution in [2.24, 2.45) is 11.7 Å². The molecule has 7 nitrogen and oxygen atoms in total. The molecule has 0 fully saturated rings. The van der Waals surface area contributed by atoms with Crippen molar-refractivity contribution in [1.82, 2.24) is 4.98 Å². The molecule has 35 heavy (non-hydrogen) atoms. The maximum absolute atomic E-state index is 14.7. The zero-order chi connectivity index (χ0) is 25.9. The molecule has 0 aliphatic heterocycles. The van der Waals surface area contributed by atoms with Gasteiger partial charge in [-0.2, -0.15) is 13.2 Å². The van der Waals surface area contributed by atoms with Gasteiger partial charge in [-0.15, -0.1) is 0 Å². The molecule has 0 aliphatic rings. The van der Waals surface area contributed by atoms with Crippen LogP contribution in [0.25, 0.3) is 11.3 Å². The van der Waals surface area contributed by atoms with Crippen molar-refractivity contribution in [3.05, 3.63) is 69.7 Å². The van der Waals surface area contributed by atoms with Gasteiger partial charge in [0.05, 0.1) is 5.56 Å². The number of nitrogens with two attached hydrogens (primary N) is 1. The number of aliphatic hydroxyl groups excluding tert-OH is 2. The van der Waals surface area contributed by atoms with E-state index in [0.29, 0.717) is 0 Å². The molecular formula is C22H18BrF5N2O5. The van der Waals surface area contributed by atoms with Crippen LogP contribution in [0.4, 0.5) is 22.0 Å². The molecule has 4 N–H and O–H groups in total. The van der Waals surface area contributed by atoms with Crippen molar-refractivity contribution >= 4 is 21.8 Å². The Kier molecular flexibility index (Phi) is 8.13. The predicted octanol–water partition coefficient (Wildman–Crippen LogP) is 4.61. The number of rotatable bonds is 9. The first kappa shape index (κ1) is 26.6. The Hall–Kier alpha value is -3.03. The van der Waals surface area contributed by atoms with Crippen LogP contribution in [0.1, 0.15) is 34.3 Å². The van der Waals surface area contributed by atoms with Crippen LogP contribution in [-0.2, 0) is 6.18 Å². The van der Waals surface area contributed by atoms with Crippen LogP contribution in [0.5, 0.6) is 5.75 Å². The topological polar surface area (TPSA) is 119 Å². The number of nitrogens with zero attached hydrogens (tertiary/aromatic N) is 1. The summed E-state index contributed by atoms with van der Waals surface area (Å²) >= 11 is 3.13. The van der Waals surface area contributed by atoms with Crippen molar-refractivity contribution in [2.75, 3.05) is 13.2 Å². The standard InChI is InChI=1S/C22H18BrF5N2O5/c23-19-18(11-1-3-12(4-2-11)22(26,27)28)30-21(35-19)15(7-10(8-31)9-32)34-14-6-5-13(24)16(17(14)25)20(29)33/h1-6,10,15,31-32H,7-9H2,(H2,29,33). The number of alkyl halides is 3. The molecule has 1 aromatic heterocycles. The zero-order valence-electron chi connectivity index (χ0n) is 17.7. The smallest absolute Gasteiger partial charge is 0.416 e. The van der Waals surface area contributed by atoms with E-state index in [9.17, 15) is 37.0 Å². The highest BCUT2D eigenvalue weighted by molar-refractivity contribution is 9.10. The van der Waals surface area contributed by atoms with E-state index in [2.05, 4.69) is 20.9 Å². The average Bonchev–Trinajstić information content (AvgIpc) is 3.19. The second kappa shape index (κ2) is 10.7. The van der Waals surface area contributed by atoms with Crippen molar-refractivity contribution in [1.29, 1.82) is 0 Å². The maximum Gasteiger partial charge on any atom is 0.416 e. The number of carbonyl (C=O) groups excluding carboxylic acids is 1. The highest BCUT2D eigenvalue weighted by atomic mass is 79.9. The Morgan fingerprint density at radius 2 is 1.74 bits per heavy atom. The number of aliphatic hydroxyl groups is 2. The first-order chi connectivity index (χ1) is 16.5. The van der Waals surface area contributed by atoms with Crippen LogP contribution in [0.3, 0.4) is 0 Å². The third kappa shape index (κ3) is 5.97.